The number of carbonyl (C=O) groups excluding carboxylic acids is 1. The number of sulfonamides is 1. The van der Waals surface area contributed by atoms with Gasteiger partial charge in [0.1, 0.15) is 16.5 Å². The maximum Gasteiger partial charge on any atom is 0.264 e. The topological polar surface area (TPSA) is 91.8 Å². The minimum Gasteiger partial charge on any atom is -0.497 e. The van der Waals surface area contributed by atoms with Crippen LogP contribution in [0.3, 0.4) is 0 Å². The van der Waals surface area contributed by atoms with Gasteiger partial charge in [-0.05, 0) is 42.5 Å². The molecular weight excluding hydrogens is 507 g/mol. The average Bonchev–Trinajstić information content (AvgIpc) is 2.94. The van der Waals surface area contributed by atoms with Gasteiger partial charge in [-0.3, -0.25) is 19.4 Å². The molecule has 8 nitrogen and oxygen atoms in total. The summed E-state index contributed by atoms with van der Waals surface area (Å²) in [4.78, 5) is 21.2. The number of fused-ring (bicyclic) bond motifs is 1. The largest absolute Gasteiger partial charge is 0.497 e. The number of nitrogens with one attached hydrogen (secondary N) is 1. The van der Waals surface area contributed by atoms with Crippen LogP contribution in [0.4, 0.5) is 10.1 Å². The van der Waals surface area contributed by atoms with Crippen LogP contribution in [0.5, 0.6) is 5.75 Å². The number of hydrogen-bond acceptors (Lipinski definition) is 6. The molecule has 4 aromatic rings. The average molecular weight is 535 g/mol. The van der Waals surface area contributed by atoms with E-state index in [0.29, 0.717) is 60.8 Å². The van der Waals surface area contributed by atoms with Crippen molar-refractivity contribution in [1.82, 2.24) is 14.8 Å². The molecule has 5 rings (SSSR count). The van der Waals surface area contributed by atoms with E-state index in [1.165, 1.54) is 19.2 Å². The number of methoxy groups -OCH3 is 1. The Balaban J connectivity index is 1.20. The number of hydrogen-bond donors (Lipinski definition) is 1. The number of anilines is 1. The molecule has 1 aromatic heterocycles. The summed E-state index contributed by atoms with van der Waals surface area (Å²) in [5.74, 6) is 0.0364. The molecule has 0 spiro atoms. The summed E-state index contributed by atoms with van der Waals surface area (Å²) in [6.07, 6.45) is 1.55. The van der Waals surface area contributed by atoms with Gasteiger partial charge in [0.25, 0.3) is 15.9 Å². The van der Waals surface area contributed by atoms with E-state index in [4.69, 9.17) is 4.74 Å². The molecule has 0 radical (unpaired) electrons. The summed E-state index contributed by atoms with van der Waals surface area (Å²) in [7, 11) is -2.38. The van der Waals surface area contributed by atoms with Crippen molar-refractivity contribution in [2.24, 2.45) is 0 Å². The van der Waals surface area contributed by atoms with Crippen LogP contribution in [0.25, 0.3) is 10.9 Å². The molecule has 1 N–H and O–H groups in total. The Morgan fingerprint density at radius 3 is 2.45 bits per heavy atom. The zero-order valence-corrected chi connectivity index (χ0v) is 21.6. The van der Waals surface area contributed by atoms with Crippen LogP contribution < -0.4 is 9.46 Å². The fourth-order valence-corrected chi connectivity index (χ4v) is 5.74. The number of benzene rings is 3. The van der Waals surface area contributed by atoms with Crippen LogP contribution in [0.2, 0.25) is 0 Å². The SMILES string of the molecule is COc1ccc(CN2CCN(C(=O)c3ccc(NS(=O)(=O)c4cccc5cccnc45)cc3)CC2)c(F)c1. The summed E-state index contributed by atoms with van der Waals surface area (Å²) >= 11 is 0. The fourth-order valence-electron chi connectivity index (χ4n) is 4.50. The number of pyridine rings is 1. The second-order valence-corrected chi connectivity index (χ2v) is 10.7. The van der Waals surface area contributed by atoms with Gasteiger partial charge in [0, 0.05) is 67.2 Å². The molecular formula is C28H27FN4O4S. The molecule has 0 saturated carbocycles. The first-order valence-electron chi connectivity index (χ1n) is 12.1. The second kappa shape index (κ2) is 10.8. The fraction of sp³-hybridized carbons (Fsp3) is 0.214. The van der Waals surface area contributed by atoms with E-state index >= 15 is 0 Å². The molecule has 196 valence electrons. The van der Waals surface area contributed by atoms with E-state index < -0.39 is 10.0 Å². The maximum atomic E-state index is 14.3. The van der Waals surface area contributed by atoms with Gasteiger partial charge in [0.2, 0.25) is 0 Å². The lowest BCUT2D eigenvalue weighted by Crippen LogP contribution is -2.48. The van der Waals surface area contributed by atoms with Crippen molar-refractivity contribution in [3.05, 3.63) is 95.9 Å². The van der Waals surface area contributed by atoms with Gasteiger partial charge in [0.15, 0.2) is 0 Å². The lowest BCUT2D eigenvalue weighted by atomic mass is 10.1. The van der Waals surface area contributed by atoms with Gasteiger partial charge < -0.3 is 9.64 Å². The summed E-state index contributed by atoms with van der Waals surface area (Å²) in [6.45, 7) is 2.72. The number of rotatable bonds is 7. The zero-order valence-electron chi connectivity index (χ0n) is 20.8. The lowest BCUT2D eigenvalue weighted by Gasteiger charge is -2.35. The van der Waals surface area contributed by atoms with E-state index in [1.54, 1.807) is 71.8 Å². The minimum absolute atomic E-state index is 0.0862. The molecule has 1 amide bonds. The third kappa shape index (κ3) is 5.46. The van der Waals surface area contributed by atoms with Crippen LogP contribution in [-0.4, -0.2) is 62.4 Å². The molecule has 1 saturated heterocycles. The Labute approximate surface area is 220 Å². The van der Waals surface area contributed by atoms with Crippen molar-refractivity contribution in [3.8, 4) is 5.75 Å². The van der Waals surface area contributed by atoms with Gasteiger partial charge in [-0.2, -0.15) is 0 Å². The van der Waals surface area contributed by atoms with Gasteiger partial charge in [-0.1, -0.05) is 24.3 Å². The minimum atomic E-state index is -3.88. The molecule has 1 fully saturated rings. The van der Waals surface area contributed by atoms with E-state index in [9.17, 15) is 17.6 Å². The van der Waals surface area contributed by atoms with Crippen LogP contribution in [-0.2, 0) is 16.6 Å². The number of ether oxygens (including phenoxy) is 1. The van der Waals surface area contributed by atoms with Gasteiger partial charge in [-0.25, -0.2) is 12.8 Å². The van der Waals surface area contributed by atoms with E-state index in [0.717, 1.165) is 5.39 Å². The number of amides is 1. The summed E-state index contributed by atoms with van der Waals surface area (Å²) < 4.78 is 48.0. The van der Waals surface area contributed by atoms with Crippen LogP contribution >= 0.6 is 0 Å². The van der Waals surface area contributed by atoms with Crippen molar-refractivity contribution in [1.29, 1.82) is 0 Å². The summed E-state index contributed by atoms with van der Waals surface area (Å²) in [5.41, 5.74) is 1.79. The molecule has 38 heavy (non-hydrogen) atoms. The van der Waals surface area contributed by atoms with Crippen molar-refractivity contribution in [2.75, 3.05) is 38.0 Å². The maximum absolute atomic E-state index is 14.3. The molecule has 2 heterocycles. The zero-order chi connectivity index (χ0) is 26.7. The molecule has 0 atom stereocenters. The highest BCUT2D eigenvalue weighted by molar-refractivity contribution is 7.93. The number of halogens is 1. The quantitative estimate of drug-likeness (QED) is 0.383. The number of nitrogens with zero attached hydrogens (tertiary/aromatic N) is 3. The smallest absolute Gasteiger partial charge is 0.264 e. The Morgan fingerprint density at radius 1 is 1.00 bits per heavy atom. The van der Waals surface area contributed by atoms with E-state index in [2.05, 4.69) is 14.6 Å². The van der Waals surface area contributed by atoms with E-state index in [1.807, 2.05) is 0 Å². The summed E-state index contributed by atoms with van der Waals surface area (Å²) in [6, 6.07) is 19.8. The lowest BCUT2D eigenvalue weighted by molar-refractivity contribution is 0.0627. The monoisotopic (exact) mass is 534 g/mol. The third-order valence-corrected chi connectivity index (χ3v) is 8.00. The molecule has 10 heteroatoms. The third-order valence-electron chi connectivity index (χ3n) is 6.58. The van der Waals surface area contributed by atoms with Gasteiger partial charge in [-0.15, -0.1) is 0 Å². The highest BCUT2D eigenvalue weighted by Gasteiger charge is 2.23. The first-order valence-corrected chi connectivity index (χ1v) is 13.6. The highest BCUT2D eigenvalue weighted by Crippen LogP contribution is 2.24. The van der Waals surface area contributed by atoms with Crippen molar-refractivity contribution in [2.45, 2.75) is 11.4 Å². The molecule has 0 aliphatic carbocycles. The summed E-state index contributed by atoms with van der Waals surface area (Å²) in [5, 5.41) is 0.727. The van der Waals surface area contributed by atoms with Crippen molar-refractivity contribution >= 4 is 32.5 Å². The number of aromatic nitrogens is 1. The second-order valence-electron chi connectivity index (χ2n) is 9.04. The number of piperazine rings is 1. The predicted molar refractivity (Wildman–Crippen MR) is 143 cm³/mol. The standard InChI is InChI=1S/C28H27FN4O4S/c1-37-24-12-9-22(25(29)18-24)19-32-14-16-33(17-15-32)28(34)21-7-10-23(11-8-21)31-38(35,36)26-6-2-4-20-5-3-13-30-27(20)26/h2-13,18,31H,14-17,19H2,1H3. The molecule has 0 unspecified atom stereocenters. The van der Waals surface area contributed by atoms with Crippen LogP contribution in [0, 0.1) is 5.82 Å². The van der Waals surface area contributed by atoms with Crippen molar-refractivity contribution in [3.63, 3.8) is 0 Å². The van der Waals surface area contributed by atoms with Gasteiger partial charge in [0.05, 0.1) is 12.6 Å². The molecule has 3 aromatic carbocycles. The number of carbonyl (C=O) groups is 1. The normalized spacial score (nSPS) is 14.4. The molecule has 0 bridgehead atoms. The van der Waals surface area contributed by atoms with E-state index in [-0.39, 0.29) is 16.6 Å². The van der Waals surface area contributed by atoms with Gasteiger partial charge >= 0.3 is 0 Å². The van der Waals surface area contributed by atoms with Crippen LogP contribution in [0.1, 0.15) is 15.9 Å². The Bertz CT molecular complexity index is 1560. The van der Waals surface area contributed by atoms with Crippen LogP contribution in [0.15, 0.2) is 83.9 Å². The highest BCUT2D eigenvalue weighted by atomic mass is 32.2. The number of para-hydroxylation sites is 1. The Hall–Kier alpha value is -4.02. The predicted octanol–water partition coefficient (Wildman–Crippen LogP) is 4.14. The van der Waals surface area contributed by atoms with Crippen molar-refractivity contribution < 1.29 is 22.3 Å². The first kappa shape index (κ1) is 25.6. The first-order chi connectivity index (χ1) is 18.3. The molecule has 1 aliphatic rings. The Kier molecular flexibility index (Phi) is 7.26. The molecule has 1 aliphatic heterocycles. The Morgan fingerprint density at radius 2 is 1.74 bits per heavy atom.